The molecule has 1 aromatic heterocycles. The fourth-order valence-electron chi connectivity index (χ4n) is 1.92. The van der Waals surface area contributed by atoms with E-state index >= 15 is 0 Å². The second-order valence-corrected chi connectivity index (χ2v) is 5.76. The van der Waals surface area contributed by atoms with E-state index in [9.17, 15) is 9.59 Å². The first kappa shape index (κ1) is 17.6. The first-order chi connectivity index (χ1) is 11.4. The molecule has 0 saturated heterocycles. The molecule has 0 bridgehead atoms. The molecule has 8 heteroatoms. The van der Waals surface area contributed by atoms with Gasteiger partial charge in [0, 0.05) is 17.4 Å². The van der Waals surface area contributed by atoms with E-state index in [1.807, 2.05) is 0 Å². The van der Waals surface area contributed by atoms with Gasteiger partial charge in [-0.05, 0) is 38.1 Å². The van der Waals surface area contributed by atoms with Gasteiger partial charge in [-0.3, -0.25) is 9.59 Å². The van der Waals surface area contributed by atoms with E-state index < -0.39 is 6.04 Å². The molecule has 0 fully saturated rings. The quantitative estimate of drug-likeness (QED) is 0.740. The lowest BCUT2D eigenvalue weighted by Gasteiger charge is -2.16. The molecular formula is C16H22N6O2. The van der Waals surface area contributed by atoms with Crippen LogP contribution in [0.3, 0.4) is 0 Å². The number of hydrogen-bond donors (Lipinski definition) is 3. The lowest BCUT2D eigenvalue weighted by atomic mass is 10.0. The molecule has 0 aliphatic rings. The SMILES string of the molecule is CC(N)C(C)C(=O)Nc1ccc(NC(=O)C(C)n2cncn2)cc1. The maximum atomic E-state index is 12.2. The molecular weight excluding hydrogens is 308 g/mol. The molecule has 3 atom stereocenters. The van der Waals surface area contributed by atoms with Crippen molar-refractivity contribution < 1.29 is 9.59 Å². The Labute approximate surface area is 140 Å². The van der Waals surface area contributed by atoms with Crippen LogP contribution in [0, 0.1) is 5.92 Å². The minimum Gasteiger partial charge on any atom is -0.327 e. The van der Waals surface area contributed by atoms with Gasteiger partial charge in [0.25, 0.3) is 0 Å². The fraction of sp³-hybridized carbons (Fsp3) is 0.375. The molecule has 8 nitrogen and oxygen atoms in total. The predicted octanol–water partition coefficient (Wildman–Crippen LogP) is 1.40. The van der Waals surface area contributed by atoms with Crippen LogP contribution < -0.4 is 16.4 Å². The summed E-state index contributed by atoms with van der Waals surface area (Å²) in [6.07, 6.45) is 2.87. The molecule has 128 valence electrons. The molecule has 1 heterocycles. The van der Waals surface area contributed by atoms with Crippen LogP contribution in [0.4, 0.5) is 11.4 Å². The number of nitrogens with one attached hydrogen (secondary N) is 2. The van der Waals surface area contributed by atoms with Gasteiger partial charge in [0.1, 0.15) is 18.7 Å². The molecule has 0 radical (unpaired) electrons. The van der Waals surface area contributed by atoms with Crippen LogP contribution in [0.1, 0.15) is 26.8 Å². The number of carbonyl (C=O) groups excluding carboxylic acids is 2. The number of rotatable bonds is 6. The summed E-state index contributed by atoms with van der Waals surface area (Å²) in [6.45, 7) is 5.30. The third-order valence-corrected chi connectivity index (χ3v) is 3.84. The zero-order chi connectivity index (χ0) is 17.7. The summed E-state index contributed by atoms with van der Waals surface area (Å²) < 4.78 is 1.47. The standard InChI is InChI=1S/C16H22N6O2/c1-10(11(2)17)15(23)20-13-4-6-14(7-5-13)21-16(24)12(3)22-9-18-8-19-22/h4-12H,17H2,1-3H3,(H,20,23)(H,21,24). The number of nitrogens with two attached hydrogens (primary N) is 1. The average Bonchev–Trinajstić information content (AvgIpc) is 3.09. The lowest BCUT2D eigenvalue weighted by Crippen LogP contribution is -2.34. The van der Waals surface area contributed by atoms with Gasteiger partial charge in [-0.15, -0.1) is 0 Å². The largest absolute Gasteiger partial charge is 0.327 e. The van der Waals surface area contributed by atoms with Crippen molar-refractivity contribution >= 4 is 23.2 Å². The summed E-state index contributed by atoms with van der Waals surface area (Å²) in [5.41, 5.74) is 7.00. The summed E-state index contributed by atoms with van der Waals surface area (Å²) >= 11 is 0. The number of amides is 2. The maximum Gasteiger partial charge on any atom is 0.249 e. The summed E-state index contributed by atoms with van der Waals surface area (Å²) in [5.74, 6) is -0.627. The molecule has 24 heavy (non-hydrogen) atoms. The van der Waals surface area contributed by atoms with Crippen molar-refractivity contribution in [2.45, 2.75) is 32.9 Å². The van der Waals surface area contributed by atoms with Crippen molar-refractivity contribution in [3.05, 3.63) is 36.9 Å². The molecule has 1 aromatic carbocycles. The first-order valence-corrected chi connectivity index (χ1v) is 7.70. The Balaban J connectivity index is 1.94. The normalized spacial score (nSPS) is 14.5. The van der Waals surface area contributed by atoms with Crippen molar-refractivity contribution in [1.82, 2.24) is 14.8 Å². The molecule has 3 unspecified atom stereocenters. The third kappa shape index (κ3) is 4.39. The van der Waals surface area contributed by atoms with Gasteiger partial charge in [-0.25, -0.2) is 9.67 Å². The van der Waals surface area contributed by atoms with Crippen molar-refractivity contribution in [2.75, 3.05) is 10.6 Å². The summed E-state index contributed by atoms with van der Waals surface area (Å²) in [7, 11) is 0. The second kappa shape index (κ2) is 7.69. The molecule has 0 aliphatic carbocycles. The zero-order valence-electron chi connectivity index (χ0n) is 13.9. The van der Waals surface area contributed by atoms with Gasteiger partial charge in [-0.1, -0.05) is 6.92 Å². The second-order valence-electron chi connectivity index (χ2n) is 5.76. The van der Waals surface area contributed by atoms with Crippen molar-refractivity contribution in [1.29, 1.82) is 0 Å². The highest BCUT2D eigenvalue weighted by atomic mass is 16.2. The fourth-order valence-corrected chi connectivity index (χ4v) is 1.92. The summed E-state index contributed by atoms with van der Waals surface area (Å²) in [5, 5.41) is 9.53. The van der Waals surface area contributed by atoms with Crippen molar-refractivity contribution in [3.63, 3.8) is 0 Å². The molecule has 2 aromatic rings. The molecule has 0 spiro atoms. The van der Waals surface area contributed by atoms with Gasteiger partial charge < -0.3 is 16.4 Å². The van der Waals surface area contributed by atoms with Gasteiger partial charge in [0.2, 0.25) is 11.8 Å². The Morgan fingerprint density at radius 2 is 1.58 bits per heavy atom. The van der Waals surface area contributed by atoms with Crippen LogP contribution in [0.25, 0.3) is 0 Å². The highest BCUT2D eigenvalue weighted by molar-refractivity contribution is 5.95. The van der Waals surface area contributed by atoms with E-state index in [0.717, 1.165) is 0 Å². The zero-order valence-corrected chi connectivity index (χ0v) is 13.9. The van der Waals surface area contributed by atoms with Crippen LogP contribution in [0.2, 0.25) is 0 Å². The minimum atomic E-state index is -0.473. The Morgan fingerprint density at radius 3 is 2.04 bits per heavy atom. The van der Waals surface area contributed by atoms with E-state index in [1.165, 1.54) is 17.3 Å². The van der Waals surface area contributed by atoms with Gasteiger partial charge in [0.15, 0.2) is 0 Å². The van der Waals surface area contributed by atoms with Crippen LogP contribution >= 0.6 is 0 Å². The molecule has 2 amide bonds. The summed E-state index contributed by atoms with van der Waals surface area (Å²) in [4.78, 5) is 27.9. The number of nitrogens with zero attached hydrogens (tertiary/aromatic N) is 3. The molecule has 2 rings (SSSR count). The van der Waals surface area contributed by atoms with Gasteiger partial charge >= 0.3 is 0 Å². The van der Waals surface area contributed by atoms with Crippen LogP contribution in [-0.2, 0) is 9.59 Å². The van der Waals surface area contributed by atoms with E-state index in [0.29, 0.717) is 11.4 Å². The number of anilines is 2. The highest BCUT2D eigenvalue weighted by Gasteiger charge is 2.17. The predicted molar refractivity (Wildman–Crippen MR) is 91.2 cm³/mol. The smallest absolute Gasteiger partial charge is 0.249 e. The number of hydrogen-bond acceptors (Lipinski definition) is 5. The molecule has 4 N–H and O–H groups in total. The van der Waals surface area contributed by atoms with Crippen molar-refractivity contribution in [2.24, 2.45) is 11.7 Å². The highest BCUT2D eigenvalue weighted by Crippen LogP contribution is 2.16. The van der Waals surface area contributed by atoms with Gasteiger partial charge in [0.05, 0.1) is 5.92 Å². The van der Waals surface area contributed by atoms with E-state index in [2.05, 4.69) is 20.7 Å². The minimum absolute atomic E-state index is 0.137. The van der Waals surface area contributed by atoms with Crippen LogP contribution in [-0.4, -0.2) is 32.6 Å². The van der Waals surface area contributed by atoms with Crippen molar-refractivity contribution in [3.8, 4) is 0 Å². The lowest BCUT2D eigenvalue weighted by molar-refractivity contribution is -0.120. The molecule has 0 saturated carbocycles. The van der Waals surface area contributed by atoms with E-state index in [1.54, 1.807) is 45.0 Å². The first-order valence-electron chi connectivity index (χ1n) is 7.70. The Bertz CT molecular complexity index is 681. The van der Waals surface area contributed by atoms with Crippen LogP contribution in [0.15, 0.2) is 36.9 Å². The Hall–Kier alpha value is -2.74. The maximum absolute atomic E-state index is 12.2. The molecule has 0 aliphatic heterocycles. The number of aromatic nitrogens is 3. The Kier molecular flexibility index (Phi) is 5.64. The van der Waals surface area contributed by atoms with E-state index in [4.69, 9.17) is 5.73 Å². The third-order valence-electron chi connectivity index (χ3n) is 3.84. The average molecular weight is 330 g/mol. The van der Waals surface area contributed by atoms with Crippen LogP contribution in [0.5, 0.6) is 0 Å². The monoisotopic (exact) mass is 330 g/mol. The summed E-state index contributed by atoms with van der Waals surface area (Å²) in [6, 6.07) is 6.19. The topological polar surface area (TPSA) is 115 Å². The van der Waals surface area contributed by atoms with E-state index in [-0.39, 0.29) is 23.8 Å². The van der Waals surface area contributed by atoms with Gasteiger partial charge in [-0.2, -0.15) is 5.10 Å². The number of benzene rings is 1. The Morgan fingerprint density at radius 1 is 1.04 bits per heavy atom. The number of carbonyl (C=O) groups is 2.